The first kappa shape index (κ1) is 23.8. The second-order valence-electron chi connectivity index (χ2n) is 8.52. The molecule has 180 valence electrons. The highest BCUT2D eigenvalue weighted by atomic mass is 16.5. The van der Waals surface area contributed by atoms with E-state index >= 15 is 0 Å². The number of rotatable bonds is 8. The third kappa shape index (κ3) is 4.92. The molecule has 1 saturated heterocycles. The predicted molar refractivity (Wildman–Crippen MR) is 127 cm³/mol. The van der Waals surface area contributed by atoms with Gasteiger partial charge in [0.25, 0.3) is 11.8 Å². The number of carbonyl (C=O) groups is 3. The number of piperidine rings is 1. The molecule has 2 aliphatic rings. The van der Waals surface area contributed by atoms with Crippen molar-refractivity contribution in [2.75, 3.05) is 45.3 Å². The molecule has 0 radical (unpaired) electrons. The third-order valence-corrected chi connectivity index (χ3v) is 6.43. The molecular weight excluding hydrogens is 434 g/mol. The maximum atomic E-state index is 13.0. The fourth-order valence-electron chi connectivity index (χ4n) is 4.57. The first-order valence-electron chi connectivity index (χ1n) is 11.7. The zero-order valence-corrected chi connectivity index (χ0v) is 19.7. The zero-order chi connectivity index (χ0) is 24.1. The van der Waals surface area contributed by atoms with E-state index in [0.717, 1.165) is 11.3 Å². The lowest BCUT2D eigenvalue weighted by Gasteiger charge is -2.31. The molecule has 0 saturated carbocycles. The van der Waals surface area contributed by atoms with E-state index in [-0.39, 0.29) is 29.9 Å². The minimum atomic E-state index is -0.303. The average Bonchev–Trinajstić information content (AvgIpc) is 3.13. The summed E-state index contributed by atoms with van der Waals surface area (Å²) in [7, 11) is 1.62. The molecule has 1 atom stereocenters. The van der Waals surface area contributed by atoms with E-state index in [9.17, 15) is 14.4 Å². The van der Waals surface area contributed by atoms with Gasteiger partial charge in [-0.25, -0.2) is 0 Å². The van der Waals surface area contributed by atoms with Crippen molar-refractivity contribution in [2.24, 2.45) is 5.92 Å². The van der Waals surface area contributed by atoms with E-state index in [0.29, 0.717) is 56.8 Å². The van der Waals surface area contributed by atoms with E-state index in [2.05, 4.69) is 5.32 Å². The molecule has 1 N–H and O–H groups in total. The van der Waals surface area contributed by atoms with Gasteiger partial charge >= 0.3 is 5.97 Å². The molecule has 8 nitrogen and oxygen atoms in total. The number of likely N-dealkylation sites (tertiary alicyclic amines) is 1. The molecule has 0 aromatic heterocycles. The minimum absolute atomic E-state index is 0.0248. The number of nitrogens with zero attached hydrogens (tertiary/aromatic N) is 2. The van der Waals surface area contributed by atoms with E-state index in [1.165, 1.54) is 0 Å². The Morgan fingerprint density at radius 3 is 2.44 bits per heavy atom. The van der Waals surface area contributed by atoms with Crippen LogP contribution in [0.3, 0.4) is 0 Å². The van der Waals surface area contributed by atoms with Crippen molar-refractivity contribution in [1.29, 1.82) is 0 Å². The summed E-state index contributed by atoms with van der Waals surface area (Å²) in [6, 6.07) is 14.9. The number of methoxy groups -OCH3 is 1. The molecule has 0 spiro atoms. The van der Waals surface area contributed by atoms with Gasteiger partial charge in [-0.15, -0.1) is 0 Å². The van der Waals surface area contributed by atoms with Crippen molar-refractivity contribution in [3.63, 3.8) is 0 Å². The smallest absolute Gasteiger partial charge is 0.309 e. The number of fused-ring (bicyclic) bond motifs is 1. The number of ether oxygens (including phenoxy) is 2. The summed E-state index contributed by atoms with van der Waals surface area (Å²) in [5.41, 5.74) is 3.02. The van der Waals surface area contributed by atoms with Gasteiger partial charge in [-0.3, -0.25) is 14.4 Å². The molecular formula is C26H31N3O5. The number of benzene rings is 2. The standard InChI is InChI=1S/C26H31N3O5/c1-3-34-26(32)19-12-14-28(15-13-19)24(30)18-8-10-20(11-9-18)27-23-21-6-4-5-7-22(21)25(31)29(23)16-17-33-2/h4-11,19,23,27H,3,12-17H2,1-2H3. The SMILES string of the molecule is CCOC(=O)C1CCN(C(=O)c2ccc(NC3c4ccccc4C(=O)N3CCOC)cc2)CC1. The lowest BCUT2D eigenvalue weighted by atomic mass is 9.96. The second kappa shape index (κ2) is 10.7. The molecule has 1 unspecified atom stereocenters. The Morgan fingerprint density at radius 1 is 1.06 bits per heavy atom. The van der Waals surface area contributed by atoms with Crippen molar-refractivity contribution in [1.82, 2.24) is 9.80 Å². The van der Waals surface area contributed by atoms with Crippen LogP contribution >= 0.6 is 0 Å². The first-order valence-corrected chi connectivity index (χ1v) is 11.7. The molecule has 2 aromatic carbocycles. The molecule has 0 aliphatic carbocycles. The van der Waals surface area contributed by atoms with Crippen LogP contribution in [0.2, 0.25) is 0 Å². The van der Waals surface area contributed by atoms with Crippen LogP contribution in [-0.2, 0) is 14.3 Å². The number of amides is 2. The molecule has 8 heteroatoms. The monoisotopic (exact) mass is 465 g/mol. The number of anilines is 1. The fraction of sp³-hybridized carbons (Fsp3) is 0.423. The van der Waals surface area contributed by atoms with Crippen LogP contribution in [0.4, 0.5) is 5.69 Å². The Kier molecular flexibility index (Phi) is 7.47. The Bertz CT molecular complexity index is 1030. The van der Waals surface area contributed by atoms with E-state index in [4.69, 9.17) is 9.47 Å². The Morgan fingerprint density at radius 2 is 1.76 bits per heavy atom. The topological polar surface area (TPSA) is 88.2 Å². The number of hydrogen-bond donors (Lipinski definition) is 1. The van der Waals surface area contributed by atoms with Crippen molar-refractivity contribution < 1.29 is 23.9 Å². The van der Waals surface area contributed by atoms with E-state index < -0.39 is 0 Å². The summed E-state index contributed by atoms with van der Waals surface area (Å²) in [5, 5.41) is 3.44. The highest BCUT2D eigenvalue weighted by Crippen LogP contribution is 2.34. The Hall–Kier alpha value is -3.39. The maximum Gasteiger partial charge on any atom is 0.309 e. The van der Waals surface area contributed by atoms with Crippen molar-refractivity contribution in [3.8, 4) is 0 Å². The van der Waals surface area contributed by atoms with Gasteiger partial charge in [0.2, 0.25) is 0 Å². The summed E-state index contributed by atoms with van der Waals surface area (Å²) in [6.07, 6.45) is 0.940. The second-order valence-corrected chi connectivity index (χ2v) is 8.52. The highest BCUT2D eigenvalue weighted by Gasteiger charge is 2.36. The summed E-state index contributed by atoms with van der Waals surface area (Å²) >= 11 is 0. The van der Waals surface area contributed by atoms with Crippen LogP contribution in [-0.4, -0.2) is 67.5 Å². The molecule has 2 amide bonds. The van der Waals surface area contributed by atoms with Gasteiger partial charge in [-0.05, 0) is 50.1 Å². The van der Waals surface area contributed by atoms with E-state index in [1.807, 2.05) is 36.4 Å². The summed E-state index contributed by atoms with van der Waals surface area (Å²) in [6.45, 7) is 4.17. The van der Waals surface area contributed by atoms with Gasteiger partial charge in [0.1, 0.15) is 6.17 Å². The molecule has 0 bridgehead atoms. The Balaban J connectivity index is 1.41. The quantitative estimate of drug-likeness (QED) is 0.602. The fourth-order valence-corrected chi connectivity index (χ4v) is 4.57. The van der Waals surface area contributed by atoms with E-state index in [1.54, 1.807) is 36.0 Å². The lowest BCUT2D eigenvalue weighted by Crippen LogP contribution is -2.40. The molecule has 1 fully saturated rings. The van der Waals surface area contributed by atoms with Crippen molar-refractivity contribution in [3.05, 3.63) is 65.2 Å². The minimum Gasteiger partial charge on any atom is -0.466 e. The zero-order valence-electron chi connectivity index (χ0n) is 19.7. The molecule has 2 aliphatic heterocycles. The van der Waals surface area contributed by atoms with Gasteiger partial charge in [0.15, 0.2) is 0 Å². The average molecular weight is 466 g/mol. The van der Waals surface area contributed by atoms with Crippen LogP contribution in [0.1, 0.15) is 52.2 Å². The summed E-state index contributed by atoms with van der Waals surface area (Å²) in [4.78, 5) is 41.3. The van der Waals surface area contributed by atoms with Gasteiger partial charge in [-0.1, -0.05) is 18.2 Å². The van der Waals surface area contributed by atoms with Gasteiger partial charge in [-0.2, -0.15) is 0 Å². The predicted octanol–water partition coefficient (Wildman–Crippen LogP) is 3.31. The largest absolute Gasteiger partial charge is 0.466 e. The number of carbonyl (C=O) groups excluding carboxylic acids is 3. The van der Waals surface area contributed by atoms with Crippen molar-refractivity contribution in [2.45, 2.75) is 25.9 Å². The van der Waals surface area contributed by atoms with Crippen LogP contribution in [0.15, 0.2) is 48.5 Å². The Labute approximate surface area is 199 Å². The van der Waals surface area contributed by atoms with Gasteiger partial charge in [0, 0.05) is 49.1 Å². The van der Waals surface area contributed by atoms with Gasteiger partial charge in [0.05, 0.1) is 19.1 Å². The maximum absolute atomic E-state index is 13.0. The van der Waals surface area contributed by atoms with Crippen LogP contribution < -0.4 is 5.32 Å². The summed E-state index contributed by atoms with van der Waals surface area (Å²) < 4.78 is 10.3. The van der Waals surface area contributed by atoms with Crippen LogP contribution in [0.25, 0.3) is 0 Å². The van der Waals surface area contributed by atoms with Gasteiger partial charge < -0.3 is 24.6 Å². The number of hydrogen-bond acceptors (Lipinski definition) is 6. The molecule has 2 aromatic rings. The number of esters is 1. The summed E-state index contributed by atoms with van der Waals surface area (Å²) in [5.74, 6) is -0.370. The molecule has 2 heterocycles. The highest BCUT2D eigenvalue weighted by molar-refractivity contribution is 5.99. The first-order chi connectivity index (χ1) is 16.5. The lowest BCUT2D eigenvalue weighted by molar-refractivity contribution is -0.149. The van der Waals surface area contributed by atoms with Crippen molar-refractivity contribution >= 4 is 23.5 Å². The van der Waals surface area contributed by atoms with Crippen LogP contribution in [0.5, 0.6) is 0 Å². The normalized spacial score (nSPS) is 18.1. The number of nitrogens with one attached hydrogen (secondary N) is 1. The van der Waals surface area contributed by atoms with Crippen LogP contribution in [0, 0.1) is 5.92 Å². The molecule has 4 rings (SSSR count). The third-order valence-electron chi connectivity index (χ3n) is 6.43. The molecule has 34 heavy (non-hydrogen) atoms.